The van der Waals surface area contributed by atoms with Gasteiger partial charge in [0.05, 0.1) is 39.7 Å². The molecule has 8 heteroatoms. The molecule has 2 aromatic rings. The van der Waals surface area contributed by atoms with Crippen LogP contribution < -0.4 is 5.32 Å². The summed E-state index contributed by atoms with van der Waals surface area (Å²) < 4.78 is 25.0. The number of amides is 1. The molecule has 1 N–H and O–H groups in total. The van der Waals surface area contributed by atoms with E-state index >= 15 is 0 Å². The van der Waals surface area contributed by atoms with Gasteiger partial charge < -0.3 is 5.32 Å². The number of Topliss-reactive ketones (excluding diaryl/α,β-unsaturated/α-hetero) is 1. The average Bonchev–Trinajstić information content (AvgIpc) is 3.02. The molecule has 138 valence electrons. The quantitative estimate of drug-likeness (QED) is 0.643. The second-order valence-electron chi connectivity index (χ2n) is 6.98. The van der Waals surface area contributed by atoms with E-state index in [0.29, 0.717) is 17.8 Å². The molecule has 1 saturated heterocycles. The molecular weight excluding hydrogens is 354 g/mol. The number of ketones is 1. The molecule has 1 unspecified atom stereocenters. The van der Waals surface area contributed by atoms with Gasteiger partial charge in [-0.1, -0.05) is 18.2 Å². The van der Waals surface area contributed by atoms with Crippen molar-refractivity contribution in [2.45, 2.75) is 32.7 Å². The van der Waals surface area contributed by atoms with E-state index in [4.69, 9.17) is 0 Å². The van der Waals surface area contributed by atoms with Crippen molar-refractivity contribution in [1.82, 2.24) is 15.1 Å². The Balaban J connectivity index is 1.87. The van der Waals surface area contributed by atoms with Gasteiger partial charge in [0.2, 0.25) is 0 Å². The molecule has 2 heterocycles. The molecule has 0 saturated carbocycles. The van der Waals surface area contributed by atoms with Gasteiger partial charge in [0.15, 0.2) is 9.84 Å². The highest BCUT2D eigenvalue weighted by molar-refractivity contribution is 7.91. The number of rotatable bonds is 4. The van der Waals surface area contributed by atoms with Crippen molar-refractivity contribution in [3.63, 3.8) is 0 Å². The van der Waals surface area contributed by atoms with Crippen LogP contribution in [-0.2, 0) is 14.6 Å². The standard InChI is InChI=1S/C18H21N3O4S/c1-12-15(13(2)21(20-12)14-7-5-4-6-8-14)16(22)17(23)19-18(3)9-10-26(24,25)11-18/h4-8H,9-11H2,1-3H3,(H,19,23). The number of carbonyl (C=O) groups is 2. The predicted octanol–water partition coefficient (Wildman–Crippen LogP) is 1.37. The first-order valence-corrected chi connectivity index (χ1v) is 10.1. The van der Waals surface area contributed by atoms with Gasteiger partial charge in [-0.3, -0.25) is 9.59 Å². The lowest BCUT2D eigenvalue weighted by molar-refractivity contribution is -0.118. The van der Waals surface area contributed by atoms with Crippen LogP contribution in [-0.4, -0.2) is 46.9 Å². The summed E-state index contributed by atoms with van der Waals surface area (Å²) in [5.41, 5.74) is 1.15. The minimum atomic E-state index is -3.18. The summed E-state index contributed by atoms with van der Waals surface area (Å²) in [7, 11) is -3.18. The minimum Gasteiger partial charge on any atom is -0.343 e. The summed E-state index contributed by atoms with van der Waals surface area (Å²) in [6.07, 6.45) is 0.301. The van der Waals surface area contributed by atoms with E-state index in [1.54, 1.807) is 25.5 Å². The van der Waals surface area contributed by atoms with E-state index in [0.717, 1.165) is 5.69 Å². The Labute approximate surface area is 152 Å². The molecule has 0 bridgehead atoms. The van der Waals surface area contributed by atoms with E-state index in [1.165, 1.54) is 0 Å². The van der Waals surface area contributed by atoms with Gasteiger partial charge in [-0.2, -0.15) is 5.10 Å². The van der Waals surface area contributed by atoms with Gasteiger partial charge >= 0.3 is 0 Å². The van der Waals surface area contributed by atoms with Crippen LogP contribution in [0.4, 0.5) is 0 Å². The van der Waals surface area contributed by atoms with Crippen LogP contribution in [0.2, 0.25) is 0 Å². The highest BCUT2D eigenvalue weighted by Crippen LogP contribution is 2.24. The molecule has 0 spiro atoms. The third-order valence-electron chi connectivity index (χ3n) is 4.64. The number of nitrogens with one attached hydrogen (secondary N) is 1. The normalized spacial score (nSPS) is 21.5. The number of aromatic nitrogens is 2. The van der Waals surface area contributed by atoms with E-state index in [9.17, 15) is 18.0 Å². The Morgan fingerprint density at radius 2 is 1.85 bits per heavy atom. The number of hydrogen-bond acceptors (Lipinski definition) is 5. The zero-order valence-corrected chi connectivity index (χ0v) is 15.8. The maximum absolute atomic E-state index is 12.7. The number of nitrogens with zero attached hydrogens (tertiary/aromatic N) is 2. The molecule has 1 aliphatic heterocycles. The first kappa shape index (κ1) is 18.3. The SMILES string of the molecule is Cc1nn(-c2ccccc2)c(C)c1C(=O)C(=O)NC1(C)CCS(=O)(=O)C1. The lowest BCUT2D eigenvalue weighted by atomic mass is 10.0. The van der Waals surface area contributed by atoms with Crippen LogP contribution in [0.25, 0.3) is 5.69 Å². The molecule has 26 heavy (non-hydrogen) atoms. The molecule has 1 atom stereocenters. The van der Waals surface area contributed by atoms with E-state index in [-0.39, 0.29) is 17.1 Å². The number of para-hydroxylation sites is 1. The van der Waals surface area contributed by atoms with Crippen LogP contribution in [0.3, 0.4) is 0 Å². The number of benzene rings is 1. The fraction of sp³-hybridized carbons (Fsp3) is 0.389. The van der Waals surface area contributed by atoms with E-state index < -0.39 is 27.1 Å². The van der Waals surface area contributed by atoms with Gasteiger partial charge in [-0.05, 0) is 39.3 Å². The second kappa shape index (κ2) is 6.35. The largest absolute Gasteiger partial charge is 0.343 e. The Hall–Kier alpha value is -2.48. The van der Waals surface area contributed by atoms with Crippen molar-refractivity contribution in [2.75, 3.05) is 11.5 Å². The van der Waals surface area contributed by atoms with Crippen LogP contribution in [0.5, 0.6) is 0 Å². The molecule has 1 aliphatic rings. The van der Waals surface area contributed by atoms with Crippen molar-refractivity contribution >= 4 is 21.5 Å². The van der Waals surface area contributed by atoms with Crippen molar-refractivity contribution < 1.29 is 18.0 Å². The molecule has 1 fully saturated rings. The summed E-state index contributed by atoms with van der Waals surface area (Å²) in [4.78, 5) is 25.2. The first-order chi connectivity index (χ1) is 12.1. The zero-order valence-electron chi connectivity index (χ0n) is 14.9. The van der Waals surface area contributed by atoms with Crippen LogP contribution in [0.15, 0.2) is 30.3 Å². The topological polar surface area (TPSA) is 98.1 Å². The summed E-state index contributed by atoms with van der Waals surface area (Å²) in [6, 6.07) is 9.32. The van der Waals surface area contributed by atoms with Crippen LogP contribution in [0, 0.1) is 13.8 Å². The highest BCUT2D eigenvalue weighted by Gasteiger charge is 2.41. The molecular formula is C18H21N3O4S. The maximum Gasteiger partial charge on any atom is 0.292 e. The summed E-state index contributed by atoms with van der Waals surface area (Å²) in [5.74, 6) is -1.64. The van der Waals surface area contributed by atoms with E-state index in [2.05, 4.69) is 10.4 Å². The zero-order chi connectivity index (χ0) is 19.1. The molecule has 1 aromatic carbocycles. The van der Waals surface area contributed by atoms with E-state index in [1.807, 2.05) is 30.3 Å². The van der Waals surface area contributed by atoms with Gasteiger partial charge in [0, 0.05) is 0 Å². The number of aryl methyl sites for hydroxylation is 1. The van der Waals surface area contributed by atoms with Crippen molar-refractivity contribution in [2.24, 2.45) is 0 Å². The molecule has 3 rings (SSSR count). The number of sulfone groups is 1. The molecule has 1 aromatic heterocycles. The van der Waals surface area contributed by atoms with Crippen LogP contribution >= 0.6 is 0 Å². The Kier molecular flexibility index (Phi) is 4.47. The van der Waals surface area contributed by atoms with Crippen molar-refractivity contribution in [3.05, 3.63) is 47.3 Å². The van der Waals surface area contributed by atoms with Crippen LogP contribution in [0.1, 0.15) is 35.1 Å². The minimum absolute atomic E-state index is 0.0158. The summed E-state index contributed by atoms with van der Waals surface area (Å²) >= 11 is 0. The maximum atomic E-state index is 12.7. The summed E-state index contributed by atoms with van der Waals surface area (Å²) in [6.45, 7) is 5.06. The summed E-state index contributed by atoms with van der Waals surface area (Å²) in [5, 5.41) is 6.98. The molecule has 0 aliphatic carbocycles. The first-order valence-electron chi connectivity index (χ1n) is 8.31. The fourth-order valence-corrected chi connectivity index (χ4v) is 5.44. The smallest absolute Gasteiger partial charge is 0.292 e. The average molecular weight is 375 g/mol. The highest BCUT2D eigenvalue weighted by atomic mass is 32.2. The van der Waals surface area contributed by atoms with Gasteiger partial charge in [-0.15, -0.1) is 0 Å². The Bertz CT molecular complexity index is 979. The molecule has 0 radical (unpaired) electrons. The predicted molar refractivity (Wildman–Crippen MR) is 97.2 cm³/mol. The number of hydrogen-bond donors (Lipinski definition) is 1. The van der Waals surface area contributed by atoms with Gasteiger partial charge in [0.1, 0.15) is 0 Å². The number of carbonyl (C=O) groups excluding carboxylic acids is 2. The monoisotopic (exact) mass is 375 g/mol. The Morgan fingerprint density at radius 1 is 1.19 bits per heavy atom. The molecule has 1 amide bonds. The van der Waals surface area contributed by atoms with Gasteiger partial charge in [0.25, 0.3) is 11.7 Å². The lowest BCUT2D eigenvalue weighted by Crippen LogP contribution is -2.49. The second-order valence-corrected chi connectivity index (χ2v) is 9.16. The van der Waals surface area contributed by atoms with Gasteiger partial charge in [-0.25, -0.2) is 13.1 Å². The lowest BCUT2D eigenvalue weighted by Gasteiger charge is -2.23. The fourth-order valence-electron chi connectivity index (χ4n) is 3.35. The third-order valence-corrected chi connectivity index (χ3v) is 6.55. The van der Waals surface area contributed by atoms with Crippen molar-refractivity contribution in [1.29, 1.82) is 0 Å². The molecule has 7 nitrogen and oxygen atoms in total. The third kappa shape index (κ3) is 3.41. The Morgan fingerprint density at radius 3 is 2.42 bits per heavy atom. The van der Waals surface area contributed by atoms with Crippen molar-refractivity contribution in [3.8, 4) is 5.69 Å².